The number of hydrogen-bond acceptors (Lipinski definition) is 4. The number of nitrogens with zero attached hydrogens (tertiary/aromatic N) is 2. The SMILES string of the molecule is CCNc1cncc(NCc2ncccc2C)c1. The van der Waals surface area contributed by atoms with Gasteiger partial charge in [-0.15, -0.1) is 0 Å². The predicted octanol–water partition coefficient (Wildman–Crippen LogP) is 2.83. The molecular weight excluding hydrogens is 224 g/mol. The van der Waals surface area contributed by atoms with Gasteiger partial charge in [-0.2, -0.15) is 0 Å². The molecule has 0 aliphatic rings. The molecule has 4 heteroatoms. The molecule has 0 atom stereocenters. The van der Waals surface area contributed by atoms with Crippen molar-refractivity contribution < 1.29 is 0 Å². The molecule has 2 aromatic heterocycles. The first kappa shape index (κ1) is 12.4. The molecule has 2 aromatic rings. The average Bonchev–Trinajstić information content (AvgIpc) is 2.39. The van der Waals surface area contributed by atoms with Crippen LogP contribution < -0.4 is 10.6 Å². The fraction of sp³-hybridized carbons (Fsp3) is 0.286. The van der Waals surface area contributed by atoms with Crippen molar-refractivity contribution in [2.45, 2.75) is 20.4 Å². The second-order valence-electron chi connectivity index (χ2n) is 4.11. The maximum absolute atomic E-state index is 4.35. The van der Waals surface area contributed by atoms with Gasteiger partial charge in [-0.3, -0.25) is 9.97 Å². The van der Waals surface area contributed by atoms with Gasteiger partial charge in [0.15, 0.2) is 0 Å². The molecule has 0 saturated heterocycles. The van der Waals surface area contributed by atoms with Crippen molar-refractivity contribution in [1.29, 1.82) is 0 Å². The maximum atomic E-state index is 4.35. The van der Waals surface area contributed by atoms with Crippen LogP contribution in [0.5, 0.6) is 0 Å². The smallest absolute Gasteiger partial charge is 0.0623 e. The van der Waals surface area contributed by atoms with E-state index in [1.807, 2.05) is 24.7 Å². The molecule has 0 fully saturated rings. The van der Waals surface area contributed by atoms with Crippen LogP contribution in [-0.4, -0.2) is 16.5 Å². The lowest BCUT2D eigenvalue weighted by atomic mass is 10.2. The monoisotopic (exact) mass is 242 g/mol. The van der Waals surface area contributed by atoms with Crippen LogP contribution in [0.15, 0.2) is 36.8 Å². The Kier molecular flexibility index (Phi) is 4.12. The Labute approximate surface area is 107 Å². The van der Waals surface area contributed by atoms with Gasteiger partial charge in [0.2, 0.25) is 0 Å². The Morgan fingerprint density at radius 3 is 2.67 bits per heavy atom. The number of pyridine rings is 2. The van der Waals surface area contributed by atoms with Gasteiger partial charge < -0.3 is 10.6 Å². The third-order valence-electron chi connectivity index (χ3n) is 2.70. The minimum absolute atomic E-state index is 0.712. The van der Waals surface area contributed by atoms with Gasteiger partial charge in [-0.1, -0.05) is 6.07 Å². The fourth-order valence-corrected chi connectivity index (χ4v) is 1.73. The largest absolute Gasteiger partial charge is 0.384 e. The number of nitrogens with one attached hydrogen (secondary N) is 2. The number of hydrogen-bond donors (Lipinski definition) is 2. The minimum Gasteiger partial charge on any atom is -0.384 e. The Bertz CT molecular complexity index is 511. The van der Waals surface area contributed by atoms with Crippen molar-refractivity contribution >= 4 is 11.4 Å². The summed E-state index contributed by atoms with van der Waals surface area (Å²) in [4.78, 5) is 8.55. The Hall–Kier alpha value is -2.10. The lowest BCUT2D eigenvalue weighted by Crippen LogP contribution is -2.04. The maximum Gasteiger partial charge on any atom is 0.0623 e. The molecule has 2 rings (SSSR count). The number of rotatable bonds is 5. The lowest BCUT2D eigenvalue weighted by molar-refractivity contribution is 1.01. The highest BCUT2D eigenvalue weighted by Gasteiger charge is 2.00. The number of aryl methyl sites for hydroxylation is 1. The summed E-state index contributed by atoms with van der Waals surface area (Å²) < 4.78 is 0. The van der Waals surface area contributed by atoms with Gasteiger partial charge in [0.1, 0.15) is 0 Å². The van der Waals surface area contributed by atoms with Crippen LogP contribution >= 0.6 is 0 Å². The van der Waals surface area contributed by atoms with Gasteiger partial charge in [0, 0.05) is 12.7 Å². The first-order chi connectivity index (χ1) is 8.79. The zero-order valence-corrected chi connectivity index (χ0v) is 10.8. The van der Waals surface area contributed by atoms with Crippen LogP contribution in [0.3, 0.4) is 0 Å². The first-order valence-electron chi connectivity index (χ1n) is 6.13. The summed E-state index contributed by atoms with van der Waals surface area (Å²) in [6.07, 6.45) is 5.46. The molecule has 4 nitrogen and oxygen atoms in total. The van der Waals surface area contributed by atoms with Gasteiger partial charge in [-0.25, -0.2) is 0 Å². The molecule has 2 N–H and O–H groups in total. The second kappa shape index (κ2) is 6.00. The van der Waals surface area contributed by atoms with Gasteiger partial charge >= 0.3 is 0 Å². The summed E-state index contributed by atoms with van der Waals surface area (Å²) in [7, 11) is 0. The molecule has 0 spiro atoms. The van der Waals surface area contributed by atoms with Crippen molar-refractivity contribution in [2.24, 2.45) is 0 Å². The van der Waals surface area contributed by atoms with E-state index in [9.17, 15) is 0 Å². The van der Waals surface area contributed by atoms with Crippen molar-refractivity contribution in [3.63, 3.8) is 0 Å². The van der Waals surface area contributed by atoms with Crippen LogP contribution in [0.1, 0.15) is 18.2 Å². The molecule has 0 aromatic carbocycles. The van der Waals surface area contributed by atoms with E-state index in [1.54, 1.807) is 0 Å². The standard InChI is InChI=1S/C14H18N4/c1-3-16-12-7-13(9-15-8-12)18-10-14-11(2)5-4-6-17-14/h4-9,16,18H,3,10H2,1-2H3. The fourth-order valence-electron chi connectivity index (χ4n) is 1.73. The van der Waals surface area contributed by atoms with Crippen molar-refractivity contribution in [3.8, 4) is 0 Å². The Morgan fingerprint density at radius 2 is 1.94 bits per heavy atom. The number of anilines is 2. The highest BCUT2D eigenvalue weighted by molar-refractivity contribution is 5.54. The molecule has 0 saturated carbocycles. The first-order valence-corrected chi connectivity index (χ1v) is 6.13. The molecule has 0 radical (unpaired) electrons. The van der Waals surface area contributed by atoms with E-state index < -0.39 is 0 Å². The highest BCUT2D eigenvalue weighted by Crippen LogP contribution is 2.14. The number of aromatic nitrogens is 2. The third-order valence-corrected chi connectivity index (χ3v) is 2.70. The topological polar surface area (TPSA) is 49.8 Å². The van der Waals surface area contributed by atoms with E-state index in [-0.39, 0.29) is 0 Å². The average molecular weight is 242 g/mol. The molecule has 0 bridgehead atoms. The normalized spacial score (nSPS) is 10.1. The van der Waals surface area contributed by atoms with E-state index in [1.165, 1.54) is 5.56 Å². The molecule has 2 heterocycles. The molecule has 0 aliphatic carbocycles. The van der Waals surface area contributed by atoms with E-state index in [2.05, 4.69) is 46.6 Å². The van der Waals surface area contributed by atoms with E-state index >= 15 is 0 Å². The third kappa shape index (κ3) is 3.20. The van der Waals surface area contributed by atoms with Gasteiger partial charge in [0.25, 0.3) is 0 Å². The zero-order valence-electron chi connectivity index (χ0n) is 10.8. The summed E-state index contributed by atoms with van der Waals surface area (Å²) in [5.74, 6) is 0. The van der Waals surface area contributed by atoms with Gasteiger partial charge in [0.05, 0.1) is 36.0 Å². The van der Waals surface area contributed by atoms with Crippen LogP contribution in [0.25, 0.3) is 0 Å². The quantitative estimate of drug-likeness (QED) is 0.846. The molecule has 0 aliphatic heterocycles. The Balaban J connectivity index is 2.02. The zero-order chi connectivity index (χ0) is 12.8. The van der Waals surface area contributed by atoms with Crippen LogP contribution in [0.2, 0.25) is 0 Å². The van der Waals surface area contributed by atoms with Crippen molar-refractivity contribution in [1.82, 2.24) is 9.97 Å². The Morgan fingerprint density at radius 1 is 1.17 bits per heavy atom. The van der Waals surface area contributed by atoms with E-state index in [0.29, 0.717) is 6.54 Å². The van der Waals surface area contributed by atoms with Gasteiger partial charge in [-0.05, 0) is 31.5 Å². The van der Waals surface area contributed by atoms with Crippen LogP contribution in [0.4, 0.5) is 11.4 Å². The van der Waals surface area contributed by atoms with Crippen LogP contribution in [-0.2, 0) is 6.54 Å². The summed E-state index contributed by atoms with van der Waals surface area (Å²) >= 11 is 0. The molecular formula is C14H18N4. The summed E-state index contributed by atoms with van der Waals surface area (Å²) in [6.45, 7) is 5.74. The summed E-state index contributed by atoms with van der Waals surface area (Å²) in [6, 6.07) is 6.07. The summed E-state index contributed by atoms with van der Waals surface area (Å²) in [5, 5.41) is 6.57. The minimum atomic E-state index is 0.712. The van der Waals surface area contributed by atoms with Crippen molar-refractivity contribution in [3.05, 3.63) is 48.0 Å². The molecule has 94 valence electrons. The highest BCUT2D eigenvalue weighted by atomic mass is 14.9. The van der Waals surface area contributed by atoms with E-state index in [4.69, 9.17) is 0 Å². The molecule has 0 amide bonds. The van der Waals surface area contributed by atoms with E-state index in [0.717, 1.165) is 23.6 Å². The molecule has 0 unspecified atom stereocenters. The lowest BCUT2D eigenvalue weighted by Gasteiger charge is -2.09. The predicted molar refractivity (Wildman–Crippen MR) is 74.7 cm³/mol. The van der Waals surface area contributed by atoms with Crippen LogP contribution in [0, 0.1) is 6.92 Å². The molecule has 18 heavy (non-hydrogen) atoms. The second-order valence-corrected chi connectivity index (χ2v) is 4.11. The van der Waals surface area contributed by atoms with Crippen molar-refractivity contribution in [2.75, 3.05) is 17.2 Å². The summed E-state index contributed by atoms with van der Waals surface area (Å²) in [5.41, 5.74) is 4.28.